The second kappa shape index (κ2) is 9.32. The molecule has 8 nitrogen and oxygen atoms in total. The molecule has 2 aromatic heterocycles. The maximum atomic E-state index is 12.6. The van der Waals surface area contributed by atoms with Crippen molar-refractivity contribution < 1.29 is 19.1 Å². The molecule has 0 bridgehead atoms. The molecule has 0 atom stereocenters. The van der Waals surface area contributed by atoms with Crippen LogP contribution in [0.3, 0.4) is 0 Å². The smallest absolute Gasteiger partial charge is 0.274 e. The van der Waals surface area contributed by atoms with Gasteiger partial charge in [0.05, 0.1) is 32.1 Å². The Morgan fingerprint density at radius 1 is 0.931 bits per heavy atom. The highest BCUT2D eigenvalue weighted by molar-refractivity contribution is 6.04. The number of nitrogens with zero attached hydrogens (tertiary/aromatic N) is 2. The van der Waals surface area contributed by atoms with Gasteiger partial charge < -0.3 is 20.1 Å². The highest BCUT2D eigenvalue weighted by Gasteiger charge is 2.15. The maximum absolute atomic E-state index is 12.6. The number of amides is 2. The molecule has 0 aliphatic rings. The van der Waals surface area contributed by atoms with Crippen LogP contribution >= 0.6 is 0 Å². The van der Waals surface area contributed by atoms with Crippen LogP contribution in [0.4, 0.5) is 5.69 Å². The van der Waals surface area contributed by atoms with Crippen LogP contribution in [-0.2, 0) is 6.54 Å². The van der Waals surface area contributed by atoms with Gasteiger partial charge in [-0.15, -0.1) is 0 Å². The van der Waals surface area contributed by atoms with Gasteiger partial charge >= 0.3 is 0 Å². The molecule has 8 heteroatoms. The summed E-state index contributed by atoms with van der Waals surface area (Å²) in [5.74, 6) is 0.167. The van der Waals surface area contributed by atoms with E-state index in [-0.39, 0.29) is 17.9 Å². The van der Waals surface area contributed by atoms with Gasteiger partial charge in [-0.1, -0.05) is 12.1 Å². The number of rotatable bonds is 7. The van der Waals surface area contributed by atoms with Crippen LogP contribution in [0, 0.1) is 0 Å². The van der Waals surface area contributed by atoms with Crippen molar-refractivity contribution in [2.24, 2.45) is 0 Å². The lowest BCUT2D eigenvalue weighted by Crippen LogP contribution is -2.25. The number of carbonyl (C=O) groups excluding carboxylic acids is 2. The maximum Gasteiger partial charge on any atom is 0.274 e. The van der Waals surface area contributed by atoms with Crippen LogP contribution in [0.15, 0.2) is 60.8 Å². The Labute approximate surface area is 167 Å². The summed E-state index contributed by atoms with van der Waals surface area (Å²) in [6, 6.07) is 15.1. The fourth-order valence-corrected chi connectivity index (χ4v) is 2.55. The Kier molecular flexibility index (Phi) is 6.36. The van der Waals surface area contributed by atoms with Crippen molar-refractivity contribution in [3.8, 4) is 11.5 Å². The van der Waals surface area contributed by atoms with E-state index in [1.54, 1.807) is 42.6 Å². The Morgan fingerprint density at radius 3 is 2.41 bits per heavy atom. The van der Waals surface area contributed by atoms with E-state index in [1.165, 1.54) is 26.4 Å². The van der Waals surface area contributed by atoms with E-state index < -0.39 is 11.8 Å². The van der Waals surface area contributed by atoms with Gasteiger partial charge in [0.15, 0.2) is 0 Å². The van der Waals surface area contributed by atoms with Crippen molar-refractivity contribution in [2.75, 3.05) is 19.5 Å². The average molecular weight is 392 g/mol. The zero-order valence-corrected chi connectivity index (χ0v) is 16.0. The lowest BCUT2D eigenvalue weighted by Gasteiger charge is -2.12. The van der Waals surface area contributed by atoms with E-state index in [2.05, 4.69) is 20.6 Å². The van der Waals surface area contributed by atoms with Crippen molar-refractivity contribution in [1.29, 1.82) is 0 Å². The van der Waals surface area contributed by atoms with E-state index in [1.807, 2.05) is 6.07 Å². The summed E-state index contributed by atoms with van der Waals surface area (Å²) >= 11 is 0. The Morgan fingerprint density at radius 2 is 1.72 bits per heavy atom. The Balaban J connectivity index is 1.72. The first-order chi connectivity index (χ1) is 14.1. The molecule has 0 aliphatic heterocycles. The van der Waals surface area contributed by atoms with Gasteiger partial charge in [-0.3, -0.25) is 14.6 Å². The highest BCUT2D eigenvalue weighted by Crippen LogP contribution is 2.29. The zero-order valence-electron chi connectivity index (χ0n) is 16.0. The summed E-state index contributed by atoms with van der Waals surface area (Å²) in [6.07, 6.45) is 1.65. The van der Waals surface area contributed by atoms with Crippen LogP contribution in [0.2, 0.25) is 0 Å². The molecule has 0 spiro atoms. The number of anilines is 1. The topological polar surface area (TPSA) is 102 Å². The van der Waals surface area contributed by atoms with Crippen molar-refractivity contribution in [1.82, 2.24) is 15.3 Å². The Hall–Kier alpha value is -3.94. The van der Waals surface area contributed by atoms with Gasteiger partial charge in [0, 0.05) is 12.3 Å². The Bertz CT molecular complexity index is 1010. The van der Waals surface area contributed by atoms with Gasteiger partial charge in [-0.2, -0.15) is 0 Å². The summed E-state index contributed by atoms with van der Waals surface area (Å²) in [5, 5.41) is 5.46. The van der Waals surface area contributed by atoms with Gasteiger partial charge in [0.2, 0.25) is 0 Å². The first kappa shape index (κ1) is 19.8. The standard InChI is InChI=1S/C21H20N4O4/c1-28-15-9-10-19(29-2)18(12-15)25-21(27)17-8-5-7-16(24-17)20(26)23-13-14-6-3-4-11-22-14/h3-12H,13H2,1-2H3,(H,23,26)(H,25,27). The lowest BCUT2D eigenvalue weighted by atomic mass is 10.2. The summed E-state index contributed by atoms with van der Waals surface area (Å²) in [7, 11) is 3.03. The third kappa shape index (κ3) is 5.07. The first-order valence-corrected chi connectivity index (χ1v) is 8.79. The number of nitrogens with one attached hydrogen (secondary N) is 2. The molecule has 0 aliphatic carbocycles. The van der Waals surface area contributed by atoms with Gasteiger partial charge in [0.25, 0.3) is 11.8 Å². The van der Waals surface area contributed by atoms with Crippen molar-refractivity contribution in [3.05, 3.63) is 77.9 Å². The predicted octanol–water partition coefficient (Wildman–Crippen LogP) is 2.68. The third-order valence-electron chi connectivity index (χ3n) is 4.03. The van der Waals surface area contributed by atoms with E-state index in [9.17, 15) is 9.59 Å². The van der Waals surface area contributed by atoms with Crippen LogP contribution < -0.4 is 20.1 Å². The second-order valence-corrected chi connectivity index (χ2v) is 5.93. The number of hydrogen-bond acceptors (Lipinski definition) is 6. The molecule has 2 heterocycles. The molecule has 0 saturated carbocycles. The van der Waals surface area contributed by atoms with Crippen LogP contribution in [-0.4, -0.2) is 36.0 Å². The number of hydrogen-bond donors (Lipinski definition) is 2. The third-order valence-corrected chi connectivity index (χ3v) is 4.03. The second-order valence-electron chi connectivity index (χ2n) is 5.93. The summed E-state index contributed by atoms with van der Waals surface area (Å²) in [4.78, 5) is 33.3. The minimum absolute atomic E-state index is 0.0976. The van der Waals surface area contributed by atoms with Crippen LogP contribution in [0.25, 0.3) is 0 Å². The molecule has 3 aromatic rings. The van der Waals surface area contributed by atoms with Crippen LogP contribution in [0.1, 0.15) is 26.7 Å². The molecule has 0 saturated heterocycles. The van der Waals surface area contributed by atoms with E-state index in [4.69, 9.17) is 9.47 Å². The molecule has 1 aromatic carbocycles. The largest absolute Gasteiger partial charge is 0.497 e. The van der Waals surface area contributed by atoms with E-state index in [0.717, 1.165) is 5.69 Å². The molecular formula is C21H20N4O4. The monoisotopic (exact) mass is 392 g/mol. The minimum Gasteiger partial charge on any atom is -0.497 e. The molecule has 0 radical (unpaired) electrons. The number of methoxy groups -OCH3 is 2. The van der Waals surface area contributed by atoms with Crippen molar-refractivity contribution >= 4 is 17.5 Å². The SMILES string of the molecule is COc1ccc(OC)c(NC(=O)c2cccc(C(=O)NCc3ccccn3)n2)c1. The number of pyridine rings is 2. The number of aromatic nitrogens is 2. The molecule has 0 fully saturated rings. The predicted molar refractivity (Wildman–Crippen MR) is 107 cm³/mol. The molecular weight excluding hydrogens is 372 g/mol. The number of carbonyl (C=O) groups is 2. The molecule has 2 amide bonds. The highest BCUT2D eigenvalue weighted by atomic mass is 16.5. The minimum atomic E-state index is -0.476. The fraction of sp³-hybridized carbons (Fsp3) is 0.143. The number of benzene rings is 1. The molecule has 2 N–H and O–H groups in total. The zero-order chi connectivity index (χ0) is 20.6. The van der Waals surface area contributed by atoms with E-state index >= 15 is 0 Å². The quantitative estimate of drug-likeness (QED) is 0.641. The average Bonchev–Trinajstić information content (AvgIpc) is 2.78. The summed E-state index contributed by atoms with van der Waals surface area (Å²) in [6.45, 7) is 0.263. The number of ether oxygens (including phenoxy) is 2. The molecule has 148 valence electrons. The molecule has 3 rings (SSSR count). The van der Waals surface area contributed by atoms with Crippen LogP contribution in [0.5, 0.6) is 11.5 Å². The van der Waals surface area contributed by atoms with Crippen molar-refractivity contribution in [3.63, 3.8) is 0 Å². The first-order valence-electron chi connectivity index (χ1n) is 8.79. The van der Waals surface area contributed by atoms with Gasteiger partial charge in [0.1, 0.15) is 22.9 Å². The molecule has 0 unspecified atom stereocenters. The molecule has 29 heavy (non-hydrogen) atoms. The summed E-state index contributed by atoms with van der Waals surface area (Å²) < 4.78 is 10.4. The fourth-order valence-electron chi connectivity index (χ4n) is 2.55. The lowest BCUT2D eigenvalue weighted by molar-refractivity contribution is 0.0945. The van der Waals surface area contributed by atoms with Gasteiger partial charge in [-0.05, 0) is 36.4 Å². The van der Waals surface area contributed by atoms with Crippen molar-refractivity contribution in [2.45, 2.75) is 6.54 Å². The summed E-state index contributed by atoms with van der Waals surface area (Å²) in [5.41, 5.74) is 1.38. The normalized spacial score (nSPS) is 10.1. The van der Waals surface area contributed by atoms with E-state index in [0.29, 0.717) is 17.2 Å². The van der Waals surface area contributed by atoms with Gasteiger partial charge in [-0.25, -0.2) is 4.98 Å².